The molecule has 0 bridgehead atoms. The molecule has 35 heavy (non-hydrogen) atoms. The average Bonchev–Trinajstić information content (AvgIpc) is 2.89. The number of rotatable bonds is 10. The largest absolute Gasteiger partial charge is 0.497 e. The molecule has 186 valence electrons. The van der Waals surface area contributed by atoms with Crippen LogP contribution in [0.3, 0.4) is 0 Å². The molecule has 0 aliphatic carbocycles. The van der Waals surface area contributed by atoms with Crippen molar-refractivity contribution in [3.63, 3.8) is 0 Å². The summed E-state index contributed by atoms with van der Waals surface area (Å²) >= 11 is 0. The first kappa shape index (κ1) is 24.7. The van der Waals surface area contributed by atoms with Crippen LogP contribution < -0.4 is 20.3 Å². The molecule has 1 N–H and O–H groups in total. The second-order valence-electron chi connectivity index (χ2n) is 8.80. The number of benzene rings is 2. The van der Waals surface area contributed by atoms with Gasteiger partial charge >= 0.3 is 0 Å². The van der Waals surface area contributed by atoms with Gasteiger partial charge in [0.1, 0.15) is 23.9 Å². The van der Waals surface area contributed by atoms with Crippen LogP contribution in [0, 0.1) is 0 Å². The lowest BCUT2D eigenvalue weighted by Gasteiger charge is -2.26. The lowest BCUT2D eigenvalue weighted by atomic mass is 10.1. The Bertz CT molecular complexity index is 1220. The van der Waals surface area contributed by atoms with Gasteiger partial charge in [0, 0.05) is 18.7 Å². The first-order valence-corrected chi connectivity index (χ1v) is 12.4. The molecule has 3 aromatic rings. The van der Waals surface area contributed by atoms with E-state index in [1.54, 1.807) is 19.2 Å². The summed E-state index contributed by atoms with van der Waals surface area (Å²) in [5.74, 6) is 1.45. The molecular weight excluding hydrogens is 444 g/mol. The predicted molar refractivity (Wildman–Crippen MR) is 137 cm³/mol. The smallest absolute Gasteiger partial charge is 0.262 e. The number of aromatic nitrogens is 2. The molecule has 2 heterocycles. The minimum absolute atomic E-state index is 0.122. The number of hydrogen-bond acceptors (Lipinski definition) is 6. The van der Waals surface area contributed by atoms with Crippen LogP contribution in [0.4, 0.5) is 0 Å². The van der Waals surface area contributed by atoms with E-state index in [2.05, 4.69) is 10.2 Å². The number of likely N-dealkylation sites (tertiary alicyclic amines) is 1. The van der Waals surface area contributed by atoms with Gasteiger partial charge in [-0.05, 0) is 69.6 Å². The third kappa shape index (κ3) is 6.19. The van der Waals surface area contributed by atoms with Gasteiger partial charge in [-0.15, -0.1) is 0 Å². The van der Waals surface area contributed by atoms with Gasteiger partial charge in [0.05, 0.1) is 24.6 Å². The Morgan fingerprint density at radius 3 is 2.69 bits per heavy atom. The highest BCUT2D eigenvalue weighted by molar-refractivity contribution is 5.83. The van der Waals surface area contributed by atoms with Crippen molar-refractivity contribution in [1.82, 2.24) is 19.8 Å². The van der Waals surface area contributed by atoms with Crippen molar-refractivity contribution in [2.45, 2.75) is 39.2 Å². The Morgan fingerprint density at radius 1 is 1.09 bits per heavy atom. The molecule has 0 unspecified atom stereocenters. The van der Waals surface area contributed by atoms with E-state index in [4.69, 9.17) is 14.5 Å². The minimum Gasteiger partial charge on any atom is -0.497 e. The highest BCUT2D eigenvalue weighted by Gasteiger charge is 2.17. The number of ether oxygens (including phenoxy) is 2. The summed E-state index contributed by atoms with van der Waals surface area (Å²) in [4.78, 5) is 33.2. The quantitative estimate of drug-likeness (QED) is 0.449. The Morgan fingerprint density at radius 2 is 1.91 bits per heavy atom. The van der Waals surface area contributed by atoms with Crippen LogP contribution in [0.25, 0.3) is 22.3 Å². The molecule has 4 rings (SSSR count). The fourth-order valence-corrected chi connectivity index (χ4v) is 4.48. The summed E-state index contributed by atoms with van der Waals surface area (Å²) in [6.45, 7) is 6.16. The predicted octanol–water partition coefficient (Wildman–Crippen LogP) is 3.46. The Balaban J connectivity index is 1.60. The number of methoxy groups -OCH3 is 1. The van der Waals surface area contributed by atoms with Crippen molar-refractivity contribution in [2.75, 3.05) is 39.9 Å². The van der Waals surface area contributed by atoms with Gasteiger partial charge in [0.15, 0.2) is 0 Å². The van der Waals surface area contributed by atoms with Gasteiger partial charge < -0.3 is 19.7 Å². The summed E-state index contributed by atoms with van der Waals surface area (Å²) in [5, 5.41) is 3.19. The van der Waals surface area contributed by atoms with Crippen LogP contribution in [0.15, 0.2) is 47.3 Å². The van der Waals surface area contributed by atoms with Gasteiger partial charge in [-0.2, -0.15) is 0 Å². The Hall–Kier alpha value is -3.39. The van der Waals surface area contributed by atoms with E-state index in [0.717, 1.165) is 13.0 Å². The number of nitrogens with one attached hydrogen (secondary N) is 1. The second kappa shape index (κ2) is 11.8. The summed E-state index contributed by atoms with van der Waals surface area (Å²) in [5.41, 5.74) is 0.976. The van der Waals surface area contributed by atoms with Crippen molar-refractivity contribution in [2.24, 2.45) is 0 Å². The first-order valence-electron chi connectivity index (χ1n) is 12.4. The van der Waals surface area contributed by atoms with Crippen molar-refractivity contribution >= 4 is 16.8 Å². The standard InChI is InChI=1S/C27H34N4O4/c1-3-28-25(32)19-31-26(20-9-7-10-21(17-20)34-2)29-24-12-11-22(18-23(24)27(31)33)35-16-8-15-30-13-5-4-6-14-30/h7,9-12,17-18H,3-6,8,13-16,19H2,1-2H3,(H,28,32). The highest BCUT2D eigenvalue weighted by atomic mass is 16.5. The average molecular weight is 479 g/mol. The number of fused-ring (bicyclic) bond motifs is 1. The zero-order valence-electron chi connectivity index (χ0n) is 20.6. The summed E-state index contributed by atoms with van der Waals surface area (Å²) < 4.78 is 12.7. The molecule has 1 fully saturated rings. The van der Waals surface area contributed by atoms with Crippen molar-refractivity contribution in [3.05, 3.63) is 52.8 Å². The Kier molecular flexibility index (Phi) is 8.36. The molecule has 0 spiro atoms. The van der Waals surface area contributed by atoms with E-state index in [1.807, 2.05) is 37.3 Å². The molecule has 1 aromatic heterocycles. The molecule has 0 saturated carbocycles. The van der Waals surface area contributed by atoms with E-state index in [9.17, 15) is 9.59 Å². The van der Waals surface area contributed by atoms with Crippen LogP contribution in [-0.4, -0.2) is 60.3 Å². The number of nitrogens with zero attached hydrogens (tertiary/aromatic N) is 3. The fraction of sp³-hybridized carbons (Fsp3) is 0.444. The summed E-state index contributed by atoms with van der Waals surface area (Å²) in [6.07, 6.45) is 4.82. The number of likely N-dealkylation sites (N-methyl/N-ethyl adjacent to an activating group) is 1. The van der Waals surface area contributed by atoms with Gasteiger partial charge in [-0.3, -0.25) is 14.2 Å². The molecule has 0 atom stereocenters. The van der Waals surface area contributed by atoms with Crippen LogP contribution in [0.1, 0.15) is 32.6 Å². The monoisotopic (exact) mass is 478 g/mol. The summed E-state index contributed by atoms with van der Waals surface area (Å²) in [7, 11) is 1.59. The van der Waals surface area contributed by atoms with Crippen LogP contribution in [0.5, 0.6) is 11.5 Å². The fourth-order valence-electron chi connectivity index (χ4n) is 4.48. The van der Waals surface area contributed by atoms with Crippen molar-refractivity contribution in [1.29, 1.82) is 0 Å². The van der Waals surface area contributed by atoms with E-state index in [0.29, 0.717) is 46.9 Å². The third-order valence-electron chi connectivity index (χ3n) is 6.27. The normalized spacial score (nSPS) is 14.1. The number of carbonyl (C=O) groups excluding carboxylic acids is 1. The highest BCUT2D eigenvalue weighted by Crippen LogP contribution is 2.25. The zero-order chi connectivity index (χ0) is 24.6. The van der Waals surface area contributed by atoms with Gasteiger partial charge in [-0.25, -0.2) is 4.98 Å². The number of piperidine rings is 1. The SMILES string of the molecule is CCNC(=O)Cn1c(-c2cccc(OC)c2)nc2ccc(OCCCN3CCCCC3)cc2c1=O. The Labute approximate surface area is 205 Å². The van der Waals surface area contributed by atoms with Crippen molar-refractivity contribution < 1.29 is 14.3 Å². The van der Waals surface area contributed by atoms with Gasteiger partial charge in [-0.1, -0.05) is 18.6 Å². The number of carbonyl (C=O) groups is 1. The van der Waals surface area contributed by atoms with E-state index in [1.165, 1.54) is 36.9 Å². The molecule has 1 aliphatic heterocycles. The first-order chi connectivity index (χ1) is 17.1. The summed E-state index contributed by atoms with van der Waals surface area (Å²) in [6, 6.07) is 12.7. The van der Waals surface area contributed by atoms with E-state index in [-0.39, 0.29) is 18.0 Å². The number of hydrogen-bond donors (Lipinski definition) is 1. The molecule has 1 saturated heterocycles. The van der Waals surface area contributed by atoms with E-state index < -0.39 is 0 Å². The number of amides is 1. The molecule has 8 heteroatoms. The van der Waals surface area contributed by atoms with E-state index >= 15 is 0 Å². The minimum atomic E-state index is -0.280. The maximum atomic E-state index is 13.6. The lowest BCUT2D eigenvalue weighted by molar-refractivity contribution is -0.121. The van der Waals surface area contributed by atoms with Crippen LogP contribution in [-0.2, 0) is 11.3 Å². The molecule has 8 nitrogen and oxygen atoms in total. The molecular formula is C27H34N4O4. The zero-order valence-corrected chi connectivity index (χ0v) is 20.6. The second-order valence-corrected chi connectivity index (χ2v) is 8.80. The lowest BCUT2D eigenvalue weighted by Crippen LogP contribution is -2.33. The molecule has 1 aliphatic rings. The van der Waals surface area contributed by atoms with Gasteiger partial charge in [0.2, 0.25) is 5.91 Å². The third-order valence-corrected chi connectivity index (χ3v) is 6.27. The van der Waals surface area contributed by atoms with Crippen LogP contribution >= 0.6 is 0 Å². The topological polar surface area (TPSA) is 85.7 Å². The van der Waals surface area contributed by atoms with Crippen LogP contribution in [0.2, 0.25) is 0 Å². The molecule has 2 aromatic carbocycles. The van der Waals surface area contributed by atoms with Crippen molar-refractivity contribution in [3.8, 4) is 22.9 Å². The van der Waals surface area contributed by atoms with Gasteiger partial charge in [0.25, 0.3) is 5.56 Å². The molecule has 1 amide bonds. The maximum absolute atomic E-state index is 13.6. The maximum Gasteiger partial charge on any atom is 0.262 e. The molecule has 0 radical (unpaired) electrons.